The number of amides is 1. The molecule has 0 radical (unpaired) electrons. The Bertz CT molecular complexity index is 819. The van der Waals surface area contributed by atoms with Crippen LogP contribution in [-0.4, -0.2) is 61.8 Å². The van der Waals surface area contributed by atoms with Crippen molar-refractivity contribution in [2.75, 3.05) is 50.9 Å². The molecule has 6 nitrogen and oxygen atoms in total. The molecule has 0 aliphatic carbocycles. The zero-order valence-electron chi connectivity index (χ0n) is 16.4. The molecule has 2 aromatic rings. The number of anilines is 1. The zero-order valence-corrected chi connectivity index (χ0v) is 17.2. The van der Waals surface area contributed by atoms with Crippen LogP contribution in [-0.2, 0) is 4.74 Å². The van der Waals surface area contributed by atoms with Gasteiger partial charge in [-0.3, -0.25) is 4.79 Å². The van der Waals surface area contributed by atoms with E-state index in [4.69, 9.17) is 21.1 Å². The van der Waals surface area contributed by atoms with Crippen LogP contribution in [0.4, 0.5) is 5.82 Å². The molecule has 0 saturated carbocycles. The van der Waals surface area contributed by atoms with Gasteiger partial charge < -0.3 is 19.3 Å². The topological polar surface area (TPSA) is 54.9 Å². The van der Waals surface area contributed by atoms with E-state index in [1.807, 2.05) is 30.3 Å². The molecule has 29 heavy (non-hydrogen) atoms. The van der Waals surface area contributed by atoms with Crippen LogP contribution >= 0.6 is 11.6 Å². The number of carbonyl (C=O) groups is 1. The highest BCUT2D eigenvalue weighted by Crippen LogP contribution is 2.29. The lowest BCUT2D eigenvalue weighted by atomic mass is 9.98. The fraction of sp³-hybridized carbons (Fsp3) is 0.455. The van der Waals surface area contributed by atoms with E-state index in [1.165, 1.54) is 0 Å². The number of ether oxygens (including phenoxy) is 2. The number of rotatable bonds is 5. The lowest BCUT2D eigenvalue weighted by Gasteiger charge is -2.33. The van der Waals surface area contributed by atoms with Crippen molar-refractivity contribution < 1.29 is 14.3 Å². The Kier molecular flexibility index (Phi) is 6.52. The molecule has 1 aromatic heterocycles. The molecule has 2 fully saturated rings. The quantitative estimate of drug-likeness (QED) is 0.748. The van der Waals surface area contributed by atoms with Crippen molar-refractivity contribution in [1.82, 2.24) is 9.88 Å². The molecular formula is C22H26ClN3O3. The monoisotopic (exact) mass is 415 g/mol. The zero-order chi connectivity index (χ0) is 20.1. The fourth-order valence-corrected chi connectivity index (χ4v) is 4.06. The van der Waals surface area contributed by atoms with Gasteiger partial charge in [-0.2, -0.15) is 0 Å². The number of hydrogen-bond acceptors (Lipinski definition) is 5. The number of piperidine rings is 1. The Morgan fingerprint density at radius 3 is 2.55 bits per heavy atom. The van der Waals surface area contributed by atoms with Gasteiger partial charge in [-0.25, -0.2) is 4.98 Å². The first-order valence-corrected chi connectivity index (χ1v) is 10.5. The highest BCUT2D eigenvalue weighted by molar-refractivity contribution is 6.33. The summed E-state index contributed by atoms with van der Waals surface area (Å²) in [6.45, 7) is 4.86. The molecule has 0 unspecified atom stereocenters. The van der Waals surface area contributed by atoms with Crippen LogP contribution in [0, 0.1) is 5.92 Å². The van der Waals surface area contributed by atoms with Gasteiger partial charge in [-0.1, -0.05) is 29.8 Å². The van der Waals surface area contributed by atoms with Gasteiger partial charge in [-0.05, 0) is 37.0 Å². The molecule has 0 spiro atoms. The van der Waals surface area contributed by atoms with Crippen molar-refractivity contribution in [2.24, 2.45) is 5.92 Å². The van der Waals surface area contributed by atoms with E-state index in [2.05, 4.69) is 9.88 Å². The van der Waals surface area contributed by atoms with Crippen molar-refractivity contribution >= 4 is 23.3 Å². The summed E-state index contributed by atoms with van der Waals surface area (Å²) in [6.07, 6.45) is 3.70. The van der Waals surface area contributed by atoms with Gasteiger partial charge in [0.25, 0.3) is 5.91 Å². The molecule has 7 heteroatoms. The molecule has 1 amide bonds. The Hall–Kier alpha value is -2.31. The van der Waals surface area contributed by atoms with Crippen molar-refractivity contribution in [3.63, 3.8) is 0 Å². The van der Waals surface area contributed by atoms with Gasteiger partial charge >= 0.3 is 0 Å². The molecule has 2 aliphatic heterocycles. The number of aromatic nitrogens is 1. The van der Waals surface area contributed by atoms with Gasteiger partial charge in [-0.15, -0.1) is 0 Å². The van der Waals surface area contributed by atoms with Crippen molar-refractivity contribution in [3.8, 4) is 5.75 Å². The van der Waals surface area contributed by atoms with Crippen LogP contribution in [0.15, 0.2) is 42.6 Å². The first-order chi connectivity index (χ1) is 14.2. The third-order valence-electron chi connectivity index (χ3n) is 5.51. The molecule has 4 rings (SSSR count). The number of nitrogens with zero attached hydrogens (tertiary/aromatic N) is 3. The largest absolute Gasteiger partial charge is 0.493 e. The van der Waals surface area contributed by atoms with Gasteiger partial charge in [0.2, 0.25) is 0 Å². The van der Waals surface area contributed by atoms with Crippen LogP contribution in [0.25, 0.3) is 0 Å². The van der Waals surface area contributed by atoms with E-state index < -0.39 is 0 Å². The molecular weight excluding hydrogens is 390 g/mol. The lowest BCUT2D eigenvalue weighted by molar-refractivity contribution is 0.0302. The molecule has 3 heterocycles. The van der Waals surface area contributed by atoms with Gasteiger partial charge in [0.05, 0.1) is 30.4 Å². The predicted molar refractivity (Wildman–Crippen MR) is 113 cm³/mol. The second kappa shape index (κ2) is 9.46. The number of para-hydroxylation sites is 1. The number of pyridine rings is 1. The highest BCUT2D eigenvalue weighted by atomic mass is 35.5. The summed E-state index contributed by atoms with van der Waals surface area (Å²) in [4.78, 5) is 21.1. The standard InChI is InChI=1S/C22H26ClN3O3/c23-20-14-18(22(27)26-10-12-28-13-11-26)15-24-21(20)25-8-6-17(7-9-25)16-29-19-4-2-1-3-5-19/h1-5,14-15,17H,6-13,16H2. The summed E-state index contributed by atoms with van der Waals surface area (Å²) in [5.41, 5.74) is 0.534. The normalized spacial score (nSPS) is 18.0. The number of benzene rings is 1. The average Bonchev–Trinajstić information content (AvgIpc) is 2.79. The second-order valence-electron chi connectivity index (χ2n) is 7.49. The first-order valence-electron chi connectivity index (χ1n) is 10.2. The Labute approximate surface area is 176 Å². The summed E-state index contributed by atoms with van der Waals surface area (Å²) in [5, 5.41) is 0.531. The van der Waals surface area contributed by atoms with Gasteiger partial charge in [0.15, 0.2) is 0 Å². The van der Waals surface area contributed by atoms with Gasteiger partial charge in [0, 0.05) is 32.4 Å². The fourth-order valence-electron chi connectivity index (χ4n) is 3.77. The maximum atomic E-state index is 12.6. The minimum Gasteiger partial charge on any atom is -0.493 e. The summed E-state index contributed by atoms with van der Waals surface area (Å²) in [6, 6.07) is 11.7. The van der Waals surface area contributed by atoms with Crippen molar-refractivity contribution in [2.45, 2.75) is 12.8 Å². The van der Waals surface area contributed by atoms with E-state index in [1.54, 1.807) is 17.2 Å². The maximum absolute atomic E-state index is 12.6. The van der Waals surface area contributed by atoms with Crippen LogP contribution in [0.3, 0.4) is 0 Å². The van der Waals surface area contributed by atoms with Crippen molar-refractivity contribution in [1.29, 1.82) is 0 Å². The molecule has 2 aliphatic rings. The van der Waals surface area contributed by atoms with Crippen LogP contribution < -0.4 is 9.64 Å². The van der Waals surface area contributed by atoms with Crippen LogP contribution in [0.2, 0.25) is 5.02 Å². The molecule has 1 aromatic carbocycles. The van der Waals surface area contributed by atoms with Crippen molar-refractivity contribution in [3.05, 3.63) is 53.2 Å². The van der Waals surface area contributed by atoms with E-state index in [-0.39, 0.29) is 5.91 Å². The summed E-state index contributed by atoms with van der Waals surface area (Å²) in [5.74, 6) is 2.16. The molecule has 0 N–H and O–H groups in total. The molecule has 0 atom stereocenters. The van der Waals surface area contributed by atoms with E-state index in [0.29, 0.717) is 42.8 Å². The lowest BCUT2D eigenvalue weighted by Crippen LogP contribution is -2.40. The first kappa shape index (κ1) is 20.0. The molecule has 2 saturated heterocycles. The third kappa shape index (κ3) is 5.00. The Morgan fingerprint density at radius 2 is 1.86 bits per heavy atom. The van der Waals surface area contributed by atoms with E-state index in [9.17, 15) is 4.79 Å². The van der Waals surface area contributed by atoms with Crippen LogP contribution in [0.5, 0.6) is 5.75 Å². The number of carbonyl (C=O) groups excluding carboxylic acids is 1. The number of morpholine rings is 1. The second-order valence-corrected chi connectivity index (χ2v) is 7.90. The minimum atomic E-state index is -0.0361. The summed E-state index contributed by atoms with van der Waals surface area (Å²) >= 11 is 6.50. The van der Waals surface area contributed by atoms with Crippen LogP contribution in [0.1, 0.15) is 23.2 Å². The molecule has 0 bridgehead atoms. The maximum Gasteiger partial charge on any atom is 0.255 e. The third-order valence-corrected chi connectivity index (χ3v) is 5.79. The number of halogens is 1. The van der Waals surface area contributed by atoms with Gasteiger partial charge in [0.1, 0.15) is 11.6 Å². The SMILES string of the molecule is O=C(c1cnc(N2CCC(COc3ccccc3)CC2)c(Cl)c1)N1CCOCC1. The molecule has 154 valence electrons. The average molecular weight is 416 g/mol. The Balaban J connectivity index is 1.32. The Morgan fingerprint density at radius 1 is 1.14 bits per heavy atom. The smallest absolute Gasteiger partial charge is 0.255 e. The summed E-state index contributed by atoms with van der Waals surface area (Å²) in [7, 11) is 0. The van der Waals surface area contributed by atoms with E-state index >= 15 is 0 Å². The summed E-state index contributed by atoms with van der Waals surface area (Å²) < 4.78 is 11.2. The number of hydrogen-bond donors (Lipinski definition) is 0. The predicted octanol–water partition coefficient (Wildman–Crippen LogP) is 3.50. The van der Waals surface area contributed by atoms with E-state index in [0.717, 1.165) is 44.1 Å². The minimum absolute atomic E-state index is 0.0361. The highest BCUT2D eigenvalue weighted by Gasteiger charge is 2.24.